The summed E-state index contributed by atoms with van der Waals surface area (Å²) >= 11 is 0. The molecule has 0 aliphatic rings. The van der Waals surface area contributed by atoms with Gasteiger partial charge in [-0.15, -0.1) is 0 Å². The topological polar surface area (TPSA) is 61.1 Å². The molecule has 35 valence electrons. The Balaban J connectivity index is 0. The van der Waals surface area contributed by atoms with Gasteiger partial charge in [0.05, 0.1) is 6.07 Å². The predicted molar refractivity (Wildman–Crippen MR) is 17.9 cm³/mol. The minimum Gasteiger partial charge on any atom is -0.480 e. The number of hydrogen-bond acceptors (Lipinski definition) is 2. The standard InChI is InChI=1S/C3H3NO2.Y/c4-2-1-3(5)6;/h1H2,(H,5,6);. The average molecular weight is 174 g/mol. The molecule has 0 aliphatic heterocycles. The summed E-state index contributed by atoms with van der Waals surface area (Å²) in [5.41, 5.74) is 0. The number of nitriles is 1. The molecule has 0 aromatic rings. The van der Waals surface area contributed by atoms with Crippen LogP contribution in [0.25, 0.3) is 0 Å². The van der Waals surface area contributed by atoms with E-state index in [0.717, 1.165) is 0 Å². The van der Waals surface area contributed by atoms with Crippen molar-refractivity contribution in [3.63, 3.8) is 0 Å². The fraction of sp³-hybridized carbons (Fsp3) is 0.333. The van der Waals surface area contributed by atoms with Crippen molar-refractivity contribution in [2.24, 2.45) is 0 Å². The molecule has 1 radical (unpaired) electrons. The summed E-state index contributed by atoms with van der Waals surface area (Å²) in [6, 6.07) is 1.47. The Labute approximate surface area is 66.2 Å². The molecule has 0 spiro atoms. The second kappa shape index (κ2) is 6.06. The average Bonchev–Trinajstić information content (AvgIpc) is 1.35. The van der Waals surface area contributed by atoms with Crippen LogP contribution in [0.15, 0.2) is 0 Å². The first kappa shape index (κ1) is 10.1. The monoisotopic (exact) mass is 174 g/mol. The van der Waals surface area contributed by atoms with Gasteiger partial charge in [-0.25, -0.2) is 0 Å². The molecule has 3 nitrogen and oxygen atoms in total. The van der Waals surface area contributed by atoms with Crippen molar-refractivity contribution in [2.45, 2.75) is 6.42 Å². The molecule has 0 amide bonds. The zero-order valence-electron chi connectivity index (χ0n) is 3.59. The maximum atomic E-state index is 9.38. The molecule has 7 heavy (non-hydrogen) atoms. The van der Waals surface area contributed by atoms with Gasteiger partial charge < -0.3 is 5.11 Å². The maximum Gasteiger partial charge on any atom is 0.317 e. The van der Waals surface area contributed by atoms with Crippen LogP contribution in [-0.2, 0) is 37.5 Å². The van der Waals surface area contributed by atoms with Crippen LogP contribution in [0.2, 0.25) is 0 Å². The number of carbonyl (C=O) groups is 1. The molecule has 0 aromatic heterocycles. The third-order valence-electron chi connectivity index (χ3n) is 0.230. The number of carboxylic acid groups (broad SMARTS) is 1. The van der Waals surface area contributed by atoms with Crippen LogP contribution < -0.4 is 0 Å². The molecule has 1 N–H and O–H groups in total. The largest absolute Gasteiger partial charge is 0.480 e. The van der Waals surface area contributed by atoms with Crippen molar-refractivity contribution < 1.29 is 42.6 Å². The summed E-state index contributed by atoms with van der Waals surface area (Å²) in [5.74, 6) is -1.07. The summed E-state index contributed by atoms with van der Waals surface area (Å²) in [6.07, 6.45) is -0.403. The van der Waals surface area contributed by atoms with E-state index in [1.165, 1.54) is 6.07 Å². The van der Waals surface area contributed by atoms with E-state index in [-0.39, 0.29) is 32.7 Å². The van der Waals surface area contributed by atoms with Gasteiger partial charge >= 0.3 is 5.97 Å². The molecule has 0 atom stereocenters. The summed E-state index contributed by atoms with van der Waals surface area (Å²) < 4.78 is 0. The third kappa shape index (κ3) is 10.7. The Bertz CT molecular complexity index is 95.6. The molecule has 0 fully saturated rings. The van der Waals surface area contributed by atoms with Gasteiger partial charge in [-0.1, -0.05) is 0 Å². The Morgan fingerprint density at radius 3 is 2.29 bits per heavy atom. The smallest absolute Gasteiger partial charge is 0.317 e. The first-order chi connectivity index (χ1) is 2.77. The Morgan fingerprint density at radius 2 is 2.29 bits per heavy atom. The number of rotatable bonds is 1. The van der Waals surface area contributed by atoms with Gasteiger partial charge in [0.25, 0.3) is 0 Å². The zero-order chi connectivity index (χ0) is 4.99. The Kier molecular flexibility index (Phi) is 8.77. The van der Waals surface area contributed by atoms with Crippen molar-refractivity contribution >= 4 is 5.97 Å². The summed E-state index contributed by atoms with van der Waals surface area (Å²) in [5, 5.41) is 15.3. The van der Waals surface area contributed by atoms with Gasteiger partial charge in [0, 0.05) is 32.7 Å². The quantitative estimate of drug-likeness (QED) is 0.607. The minimum absolute atomic E-state index is 0. The van der Waals surface area contributed by atoms with E-state index in [1.807, 2.05) is 0 Å². The van der Waals surface area contributed by atoms with Crippen molar-refractivity contribution in [3.8, 4) is 6.07 Å². The maximum absolute atomic E-state index is 9.38. The third-order valence-corrected chi connectivity index (χ3v) is 0.230. The molecule has 0 aliphatic carbocycles. The normalized spacial score (nSPS) is 5.57. The molecule has 0 saturated heterocycles. The molecule has 0 heterocycles. The van der Waals surface area contributed by atoms with E-state index in [0.29, 0.717) is 0 Å². The zero-order valence-corrected chi connectivity index (χ0v) is 6.43. The number of carboxylic acids is 1. The summed E-state index contributed by atoms with van der Waals surface area (Å²) in [7, 11) is 0. The van der Waals surface area contributed by atoms with Crippen LogP contribution in [0.4, 0.5) is 0 Å². The van der Waals surface area contributed by atoms with Gasteiger partial charge in [-0.3, -0.25) is 4.79 Å². The van der Waals surface area contributed by atoms with Gasteiger partial charge in [-0.05, 0) is 0 Å². The molecule has 0 saturated carbocycles. The molecular weight excluding hydrogens is 171 g/mol. The SMILES string of the molecule is N#CCC(=O)O.[Y]. The minimum atomic E-state index is -1.07. The number of nitrogens with zero attached hydrogens (tertiary/aromatic N) is 1. The summed E-state index contributed by atoms with van der Waals surface area (Å²) in [6.45, 7) is 0. The Hall–Kier alpha value is 0.0639. The second-order valence-electron chi connectivity index (χ2n) is 0.729. The van der Waals surface area contributed by atoms with Crippen LogP contribution >= 0.6 is 0 Å². The van der Waals surface area contributed by atoms with E-state index in [1.54, 1.807) is 0 Å². The van der Waals surface area contributed by atoms with E-state index >= 15 is 0 Å². The van der Waals surface area contributed by atoms with Gasteiger partial charge in [-0.2, -0.15) is 5.26 Å². The van der Waals surface area contributed by atoms with Gasteiger partial charge in [0.1, 0.15) is 6.42 Å². The Morgan fingerprint density at radius 1 is 1.86 bits per heavy atom. The van der Waals surface area contributed by atoms with Crippen LogP contribution in [0, 0.1) is 11.3 Å². The van der Waals surface area contributed by atoms with Crippen molar-refractivity contribution in [3.05, 3.63) is 0 Å². The van der Waals surface area contributed by atoms with Crippen LogP contribution in [0.5, 0.6) is 0 Å². The molecule has 4 heteroatoms. The fourth-order valence-electron chi connectivity index (χ4n) is 0.0676. The van der Waals surface area contributed by atoms with E-state index in [2.05, 4.69) is 0 Å². The first-order valence-corrected chi connectivity index (χ1v) is 1.36. The molecule has 0 rings (SSSR count). The van der Waals surface area contributed by atoms with Crippen molar-refractivity contribution in [1.82, 2.24) is 0 Å². The van der Waals surface area contributed by atoms with E-state index in [9.17, 15) is 4.79 Å². The molecule has 0 bridgehead atoms. The van der Waals surface area contributed by atoms with E-state index < -0.39 is 12.4 Å². The van der Waals surface area contributed by atoms with Crippen LogP contribution in [0.1, 0.15) is 6.42 Å². The van der Waals surface area contributed by atoms with Gasteiger partial charge in [0.2, 0.25) is 0 Å². The van der Waals surface area contributed by atoms with Crippen molar-refractivity contribution in [1.29, 1.82) is 5.26 Å². The van der Waals surface area contributed by atoms with E-state index in [4.69, 9.17) is 10.4 Å². The first-order valence-electron chi connectivity index (χ1n) is 1.36. The molecular formula is C3H3NO2Y. The predicted octanol–water partition coefficient (Wildman–Crippen LogP) is -0.0178. The van der Waals surface area contributed by atoms with Crippen LogP contribution in [0.3, 0.4) is 0 Å². The summed E-state index contributed by atoms with van der Waals surface area (Å²) in [4.78, 5) is 9.38. The fourth-order valence-corrected chi connectivity index (χ4v) is 0.0676. The number of hydrogen-bond donors (Lipinski definition) is 1. The second-order valence-corrected chi connectivity index (χ2v) is 0.729. The number of aliphatic carboxylic acids is 1. The van der Waals surface area contributed by atoms with Crippen molar-refractivity contribution in [2.75, 3.05) is 0 Å². The molecule has 0 aromatic carbocycles. The van der Waals surface area contributed by atoms with Gasteiger partial charge in [0.15, 0.2) is 0 Å². The van der Waals surface area contributed by atoms with Crippen LogP contribution in [-0.4, -0.2) is 11.1 Å². The molecule has 0 unspecified atom stereocenters.